The van der Waals surface area contributed by atoms with Crippen LogP contribution in [0.1, 0.15) is 28.7 Å². The zero-order chi connectivity index (χ0) is 13.8. The first-order valence-electron chi connectivity index (χ1n) is 7.44. The van der Waals surface area contributed by atoms with Crippen LogP contribution < -0.4 is 10.6 Å². The van der Waals surface area contributed by atoms with Crippen LogP contribution in [0.5, 0.6) is 0 Å². The Hall–Kier alpha value is -1.80. The number of anilines is 1. The maximum absolute atomic E-state index is 3.56. The summed E-state index contributed by atoms with van der Waals surface area (Å²) in [5, 5.41) is 7.10. The maximum atomic E-state index is 3.56. The monoisotopic (exact) mass is 266 g/mol. The summed E-state index contributed by atoms with van der Waals surface area (Å²) in [5.41, 5.74) is 6.88. The van der Waals surface area contributed by atoms with E-state index in [1.807, 2.05) is 0 Å². The third-order valence-corrected chi connectivity index (χ3v) is 3.89. The first-order valence-corrected chi connectivity index (χ1v) is 7.44. The SMILES string of the molecule is Cc1cccc(CNCc2cccc3c2NCCC3)c1. The van der Waals surface area contributed by atoms with Crippen LogP contribution in [0, 0.1) is 6.92 Å². The molecule has 1 aliphatic heterocycles. The highest BCUT2D eigenvalue weighted by molar-refractivity contribution is 5.59. The molecule has 0 atom stereocenters. The minimum Gasteiger partial charge on any atom is -0.385 e. The lowest BCUT2D eigenvalue weighted by atomic mass is 9.99. The molecule has 0 radical (unpaired) electrons. The molecule has 2 aromatic carbocycles. The fourth-order valence-electron chi connectivity index (χ4n) is 2.89. The van der Waals surface area contributed by atoms with Crippen molar-refractivity contribution in [2.45, 2.75) is 32.9 Å². The Morgan fingerprint density at radius 3 is 2.90 bits per heavy atom. The minimum absolute atomic E-state index is 0.921. The van der Waals surface area contributed by atoms with Crippen molar-refractivity contribution in [3.8, 4) is 0 Å². The number of nitrogens with one attached hydrogen (secondary N) is 2. The highest BCUT2D eigenvalue weighted by atomic mass is 14.9. The summed E-state index contributed by atoms with van der Waals surface area (Å²) in [6.45, 7) is 5.08. The Morgan fingerprint density at radius 1 is 1.10 bits per heavy atom. The number of hydrogen-bond acceptors (Lipinski definition) is 2. The van der Waals surface area contributed by atoms with Gasteiger partial charge in [0.05, 0.1) is 0 Å². The molecule has 20 heavy (non-hydrogen) atoms. The van der Waals surface area contributed by atoms with E-state index in [9.17, 15) is 0 Å². The summed E-state index contributed by atoms with van der Waals surface area (Å²) >= 11 is 0. The van der Waals surface area contributed by atoms with Crippen LogP contribution >= 0.6 is 0 Å². The van der Waals surface area contributed by atoms with Gasteiger partial charge in [0.25, 0.3) is 0 Å². The predicted molar refractivity (Wildman–Crippen MR) is 85.0 cm³/mol. The number of hydrogen-bond donors (Lipinski definition) is 2. The van der Waals surface area contributed by atoms with Gasteiger partial charge in [0.2, 0.25) is 0 Å². The van der Waals surface area contributed by atoms with Crippen LogP contribution in [0.2, 0.25) is 0 Å². The van der Waals surface area contributed by atoms with Crippen LogP contribution in [0.25, 0.3) is 0 Å². The van der Waals surface area contributed by atoms with Gasteiger partial charge < -0.3 is 10.6 Å². The molecular formula is C18H22N2. The number of aryl methyl sites for hydroxylation is 2. The zero-order valence-electron chi connectivity index (χ0n) is 12.1. The van der Waals surface area contributed by atoms with Crippen LogP contribution in [0.4, 0.5) is 5.69 Å². The van der Waals surface area contributed by atoms with Crippen LogP contribution in [0.15, 0.2) is 42.5 Å². The molecule has 0 amide bonds. The average molecular weight is 266 g/mol. The molecule has 0 unspecified atom stereocenters. The summed E-state index contributed by atoms with van der Waals surface area (Å²) in [5.74, 6) is 0. The van der Waals surface area contributed by atoms with E-state index in [0.29, 0.717) is 0 Å². The number of rotatable bonds is 4. The van der Waals surface area contributed by atoms with Crippen molar-refractivity contribution in [3.05, 3.63) is 64.7 Å². The Kier molecular flexibility index (Phi) is 4.03. The van der Waals surface area contributed by atoms with Gasteiger partial charge in [0, 0.05) is 25.3 Å². The summed E-state index contributed by atoms with van der Waals surface area (Å²) in [7, 11) is 0. The Balaban J connectivity index is 1.64. The van der Waals surface area contributed by atoms with E-state index in [4.69, 9.17) is 0 Å². The van der Waals surface area contributed by atoms with Crippen molar-refractivity contribution in [3.63, 3.8) is 0 Å². The largest absolute Gasteiger partial charge is 0.385 e. The zero-order valence-corrected chi connectivity index (χ0v) is 12.1. The molecule has 0 saturated carbocycles. The molecule has 0 saturated heterocycles. The first kappa shape index (κ1) is 13.2. The lowest BCUT2D eigenvalue weighted by Crippen LogP contribution is -2.18. The second kappa shape index (κ2) is 6.10. The molecule has 3 rings (SSSR count). The van der Waals surface area contributed by atoms with E-state index in [0.717, 1.165) is 19.6 Å². The molecular weight excluding hydrogens is 244 g/mol. The molecule has 0 aliphatic carbocycles. The van der Waals surface area contributed by atoms with Crippen molar-refractivity contribution in [1.29, 1.82) is 0 Å². The lowest BCUT2D eigenvalue weighted by molar-refractivity contribution is 0.690. The molecule has 0 spiro atoms. The summed E-state index contributed by atoms with van der Waals surface area (Å²) in [6, 6.07) is 15.3. The van der Waals surface area contributed by atoms with Crippen LogP contribution in [-0.4, -0.2) is 6.54 Å². The van der Waals surface area contributed by atoms with Crippen molar-refractivity contribution in [2.24, 2.45) is 0 Å². The molecule has 2 heteroatoms. The molecule has 0 fully saturated rings. The molecule has 2 N–H and O–H groups in total. The molecule has 1 aliphatic rings. The fraction of sp³-hybridized carbons (Fsp3) is 0.333. The highest BCUT2D eigenvalue weighted by Crippen LogP contribution is 2.25. The number of para-hydroxylation sites is 1. The summed E-state index contributed by atoms with van der Waals surface area (Å²) in [6.07, 6.45) is 2.45. The van der Waals surface area contributed by atoms with E-state index in [1.165, 1.54) is 40.8 Å². The van der Waals surface area contributed by atoms with E-state index in [-0.39, 0.29) is 0 Å². The van der Waals surface area contributed by atoms with Crippen molar-refractivity contribution < 1.29 is 0 Å². The molecule has 2 aromatic rings. The second-order valence-electron chi connectivity index (χ2n) is 5.57. The minimum atomic E-state index is 0.921. The summed E-state index contributed by atoms with van der Waals surface area (Å²) in [4.78, 5) is 0. The Morgan fingerprint density at radius 2 is 2.00 bits per heavy atom. The third kappa shape index (κ3) is 3.02. The predicted octanol–water partition coefficient (Wildman–Crippen LogP) is 3.64. The molecule has 1 heterocycles. The highest BCUT2D eigenvalue weighted by Gasteiger charge is 2.11. The Bertz CT molecular complexity index is 590. The quantitative estimate of drug-likeness (QED) is 0.883. The van der Waals surface area contributed by atoms with Gasteiger partial charge in [-0.3, -0.25) is 0 Å². The molecule has 104 valence electrons. The van der Waals surface area contributed by atoms with E-state index in [1.54, 1.807) is 0 Å². The summed E-state index contributed by atoms with van der Waals surface area (Å²) < 4.78 is 0. The van der Waals surface area contributed by atoms with E-state index in [2.05, 4.69) is 60.0 Å². The van der Waals surface area contributed by atoms with Gasteiger partial charge in [-0.15, -0.1) is 0 Å². The van der Waals surface area contributed by atoms with Gasteiger partial charge in [-0.25, -0.2) is 0 Å². The first-order chi connectivity index (χ1) is 9.83. The number of benzene rings is 2. The van der Waals surface area contributed by atoms with Gasteiger partial charge >= 0.3 is 0 Å². The van der Waals surface area contributed by atoms with Crippen molar-refractivity contribution in [1.82, 2.24) is 5.32 Å². The van der Waals surface area contributed by atoms with E-state index < -0.39 is 0 Å². The maximum Gasteiger partial charge on any atom is 0.0418 e. The van der Waals surface area contributed by atoms with Crippen molar-refractivity contribution >= 4 is 5.69 Å². The van der Waals surface area contributed by atoms with Gasteiger partial charge in [-0.05, 0) is 36.5 Å². The number of fused-ring (bicyclic) bond motifs is 1. The lowest BCUT2D eigenvalue weighted by Gasteiger charge is -2.21. The molecule has 0 aromatic heterocycles. The second-order valence-corrected chi connectivity index (χ2v) is 5.57. The van der Waals surface area contributed by atoms with Gasteiger partial charge in [0.1, 0.15) is 0 Å². The normalized spacial score (nSPS) is 13.7. The molecule has 0 bridgehead atoms. The van der Waals surface area contributed by atoms with Crippen LogP contribution in [-0.2, 0) is 19.5 Å². The van der Waals surface area contributed by atoms with Crippen molar-refractivity contribution in [2.75, 3.05) is 11.9 Å². The standard InChI is InChI=1S/C18H22N2/c1-14-5-2-6-15(11-14)12-19-13-17-8-3-7-16-9-4-10-20-18(16)17/h2-3,5-8,11,19-20H,4,9-10,12-13H2,1H3. The smallest absolute Gasteiger partial charge is 0.0418 e. The topological polar surface area (TPSA) is 24.1 Å². The van der Waals surface area contributed by atoms with E-state index >= 15 is 0 Å². The average Bonchev–Trinajstić information content (AvgIpc) is 2.48. The van der Waals surface area contributed by atoms with Crippen LogP contribution in [0.3, 0.4) is 0 Å². The van der Waals surface area contributed by atoms with Gasteiger partial charge in [-0.2, -0.15) is 0 Å². The third-order valence-electron chi connectivity index (χ3n) is 3.89. The fourth-order valence-corrected chi connectivity index (χ4v) is 2.89. The molecule has 2 nitrogen and oxygen atoms in total. The van der Waals surface area contributed by atoms with Gasteiger partial charge in [0.15, 0.2) is 0 Å². The Labute approximate surface area is 121 Å². The van der Waals surface area contributed by atoms with Gasteiger partial charge in [-0.1, -0.05) is 48.0 Å².